The Morgan fingerprint density at radius 1 is 0.724 bits per heavy atom. The van der Waals surface area contributed by atoms with Gasteiger partial charge in [0.1, 0.15) is 0 Å². The quantitative estimate of drug-likeness (QED) is 0.294. The minimum atomic E-state index is -0.318. The second-order valence-electron chi connectivity index (χ2n) is 10.9. The number of fused-ring (bicyclic) bond motifs is 4. The summed E-state index contributed by atoms with van der Waals surface area (Å²) in [7, 11) is 0. The molecular weight excluding hydrogens is 356 g/mol. The molecule has 4 bridgehead atoms. The van der Waals surface area contributed by atoms with Crippen molar-refractivity contribution in [1.29, 1.82) is 0 Å². The predicted molar refractivity (Wildman–Crippen MR) is 118 cm³/mol. The molecule has 0 aliphatic heterocycles. The Bertz CT molecular complexity index is 562. The maximum absolute atomic E-state index is 6.75. The van der Waals surface area contributed by atoms with E-state index in [1.165, 1.54) is 70.6 Å². The monoisotopic (exact) mass is 398 g/mol. The van der Waals surface area contributed by atoms with Crippen molar-refractivity contribution in [3.05, 3.63) is 24.3 Å². The van der Waals surface area contributed by atoms with E-state index in [2.05, 4.69) is 31.2 Å². The molecule has 3 saturated carbocycles. The molecular formula is C27H42O2. The lowest BCUT2D eigenvalue weighted by atomic mass is 9.81. The van der Waals surface area contributed by atoms with Crippen LogP contribution >= 0.6 is 0 Å². The van der Waals surface area contributed by atoms with Gasteiger partial charge in [0.2, 0.25) is 0 Å². The summed E-state index contributed by atoms with van der Waals surface area (Å²) >= 11 is 0. The summed E-state index contributed by atoms with van der Waals surface area (Å²) < 4.78 is 13.5. The highest BCUT2D eigenvalue weighted by Gasteiger charge is 2.42. The van der Waals surface area contributed by atoms with Crippen molar-refractivity contribution in [2.24, 2.45) is 41.4 Å². The summed E-state index contributed by atoms with van der Waals surface area (Å²) in [4.78, 5) is 0. The van der Waals surface area contributed by atoms with Gasteiger partial charge in [-0.1, -0.05) is 50.5 Å². The molecule has 0 spiro atoms. The molecule has 3 fully saturated rings. The third-order valence-electron chi connectivity index (χ3n) is 9.22. The van der Waals surface area contributed by atoms with Gasteiger partial charge in [-0.3, -0.25) is 0 Å². The third-order valence-corrected chi connectivity index (χ3v) is 9.22. The highest BCUT2D eigenvalue weighted by molar-refractivity contribution is 5.10. The molecule has 5 aliphatic rings. The Kier molecular flexibility index (Phi) is 6.21. The summed E-state index contributed by atoms with van der Waals surface area (Å²) in [6, 6.07) is 0. The smallest absolute Gasteiger partial charge is 0.170 e. The van der Waals surface area contributed by atoms with Gasteiger partial charge in [-0.25, -0.2) is 0 Å². The molecule has 0 amide bonds. The molecule has 0 aromatic heterocycles. The molecule has 0 aromatic carbocycles. The van der Waals surface area contributed by atoms with Crippen molar-refractivity contribution in [3.63, 3.8) is 0 Å². The molecule has 162 valence electrons. The second-order valence-corrected chi connectivity index (χ2v) is 10.9. The maximum Gasteiger partial charge on any atom is 0.170 e. The van der Waals surface area contributed by atoms with Crippen LogP contribution in [0.15, 0.2) is 24.3 Å². The van der Waals surface area contributed by atoms with Crippen molar-refractivity contribution in [1.82, 2.24) is 0 Å². The molecule has 0 heterocycles. The van der Waals surface area contributed by atoms with Crippen LogP contribution in [0.4, 0.5) is 0 Å². The Balaban J connectivity index is 1.16. The van der Waals surface area contributed by atoms with Gasteiger partial charge in [0.25, 0.3) is 0 Å². The highest BCUT2D eigenvalue weighted by Crippen LogP contribution is 2.47. The Hall–Kier alpha value is -0.600. The number of allylic oxidation sites excluding steroid dienone is 4. The third kappa shape index (κ3) is 4.26. The number of ether oxygens (including phenoxy) is 2. The molecule has 2 heteroatoms. The van der Waals surface area contributed by atoms with Crippen LogP contribution in [0, 0.1) is 41.4 Å². The largest absolute Gasteiger partial charge is 0.350 e. The topological polar surface area (TPSA) is 18.5 Å². The van der Waals surface area contributed by atoms with Gasteiger partial charge in [-0.15, -0.1) is 0 Å². The van der Waals surface area contributed by atoms with Crippen LogP contribution in [0.2, 0.25) is 0 Å². The van der Waals surface area contributed by atoms with Gasteiger partial charge >= 0.3 is 0 Å². The van der Waals surface area contributed by atoms with Crippen LogP contribution in [0.25, 0.3) is 0 Å². The van der Waals surface area contributed by atoms with E-state index >= 15 is 0 Å². The summed E-state index contributed by atoms with van der Waals surface area (Å²) in [5.41, 5.74) is 0. The van der Waals surface area contributed by atoms with Crippen LogP contribution in [0.1, 0.15) is 84.0 Å². The Morgan fingerprint density at radius 3 is 1.69 bits per heavy atom. The average Bonchev–Trinajstić information content (AvgIpc) is 3.55. The van der Waals surface area contributed by atoms with E-state index in [4.69, 9.17) is 9.47 Å². The molecule has 0 aromatic rings. The molecule has 0 radical (unpaired) electrons. The van der Waals surface area contributed by atoms with Crippen molar-refractivity contribution in [2.45, 2.75) is 89.8 Å². The van der Waals surface area contributed by atoms with Gasteiger partial charge in [0.05, 0.1) is 13.2 Å². The second kappa shape index (κ2) is 8.87. The molecule has 6 unspecified atom stereocenters. The Morgan fingerprint density at radius 2 is 1.28 bits per heavy atom. The number of hydrogen-bond acceptors (Lipinski definition) is 2. The zero-order valence-corrected chi connectivity index (χ0v) is 18.6. The van der Waals surface area contributed by atoms with E-state index in [0.717, 1.165) is 55.1 Å². The van der Waals surface area contributed by atoms with E-state index in [1.54, 1.807) is 0 Å². The fraction of sp³-hybridized carbons (Fsp3) is 0.852. The van der Waals surface area contributed by atoms with Gasteiger partial charge in [-0.05, 0) is 93.3 Å². The normalized spacial score (nSPS) is 40.2. The van der Waals surface area contributed by atoms with Crippen molar-refractivity contribution < 1.29 is 9.47 Å². The lowest BCUT2D eigenvalue weighted by molar-refractivity contribution is -0.276. The molecule has 5 rings (SSSR count). The summed E-state index contributed by atoms with van der Waals surface area (Å²) in [6.07, 6.45) is 25.6. The number of hydrogen-bond donors (Lipinski definition) is 0. The summed E-state index contributed by atoms with van der Waals surface area (Å²) in [6.45, 7) is 4.08. The van der Waals surface area contributed by atoms with Crippen molar-refractivity contribution in [3.8, 4) is 0 Å². The van der Waals surface area contributed by atoms with E-state index in [1.807, 2.05) is 0 Å². The minimum absolute atomic E-state index is 0.318. The maximum atomic E-state index is 6.75. The lowest BCUT2D eigenvalue weighted by Gasteiger charge is -2.42. The number of rotatable bonds is 10. The fourth-order valence-corrected chi connectivity index (χ4v) is 7.53. The zero-order valence-electron chi connectivity index (χ0n) is 18.6. The first-order valence-electron chi connectivity index (χ1n) is 12.9. The van der Waals surface area contributed by atoms with E-state index < -0.39 is 0 Å². The summed E-state index contributed by atoms with van der Waals surface area (Å²) in [5.74, 6) is 5.39. The highest BCUT2D eigenvalue weighted by atomic mass is 16.7. The van der Waals surface area contributed by atoms with Crippen LogP contribution in [-0.2, 0) is 9.47 Å². The first kappa shape index (κ1) is 20.3. The van der Waals surface area contributed by atoms with Gasteiger partial charge in [0, 0.05) is 5.92 Å². The van der Waals surface area contributed by atoms with Crippen molar-refractivity contribution >= 4 is 0 Å². The molecule has 2 nitrogen and oxygen atoms in total. The van der Waals surface area contributed by atoms with Crippen LogP contribution in [-0.4, -0.2) is 19.0 Å². The van der Waals surface area contributed by atoms with E-state index in [0.29, 0.717) is 5.92 Å². The zero-order chi connectivity index (χ0) is 19.7. The fourth-order valence-electron chi connectivity index (χ4n) is 7.53. The predicted octanol–water partition coefficient (Wildman–Crippen LogP) is 6.91. The average molecular weight is 399 g/mol. The SMILES string of the molecule is CCC(OCCC1CC2C=CC1C2)(OCCC1CC2C=CC1C2)C1CCCCC1. The van der Waals surface area contributed by atoms with E-state index in [9.17, 15) is 0 Å². The van der Waals surface area contributed by atoms with Gasteiger partial charge < -0.3 is 9.47 Å². The van der Waals surface area contributed by atoms with E-state index in [-0.39, 0.29) is 5.79 Å². The first-order valence-corrected chi connectivity index (χ1v) is 12.9. The van der Waals surface area contributed by atoms with Gasteiger partial charge in [-0.2, -0.15) is 0 Å². The van der Waals surface area contributed by atoms with Crippen LogP contribution < -0.4 is 0 Å². The first-order chi connectivity index (χ1) is 14.3. The molecule has 29 heavy (non-hydrogen) atoms. The molecule has 0 N–H and O–H groups in total. The standard InChI is InChI=1S/C27H42O2/c1-2-27(26-6-4-3-5-7-26,28-14-12-24-18-20-8-10-22(24)16-20)29-15-13-25-19-21-9-11-23(25)17-21/h8-11,20-26H,2-7,12-19H2,1H3. The van der Waals surface area contributed by atoms with Gasteiger partial charge in [0.15, 0.2) is 5.79 Å². The van der Waals surface area contributed by atoms with Crippen LogP contribution in [0.3, 0.4) is 0 Å². The molecule has 6 atom stereocenters. The van der Waals surface area contributed by atoms with Crippen LogP contribution in [0.5, 0.6) is 0 Å². The van der Waals surface area contributed by atoms with Crippen molar-refractivity contribution in [2.75, 3.05) is 13.2 Å². The molecule has 0 saturated heterocycles. The Labute approximate surface area is 178 Å². The lowest BCUT2D eigenvalue weighted by Crippen LogP contribution is -2.45. The molecule has 5 aliphatic carbocycles. The minimum Gasteiger partial charge on any atom is -0.350 e. The summed E-state index contributed by atoms with van der Waals surface area (Å²) in [5, 5.41) is 0.